The van der Waals surface area contributed by atoms with Gasteiger partial charge in [-0.2, -0.15) is 22.9 Å². The third-order valence-electron chi connectivity index (χ3n) is 5.34. The van der Waals surface area contributed by atoms with Gasteiger partial charge in [0, 0.05) is 11.1 Å². The molecule has 1 aromatic heterocycles. The summed E-state index contributed by atoms with van der Waals surface area (Å²) in [6, 6.07) is 18.5. The molecule has 0 aliphatic rings. The summed E-state index contributed by atoms with van der Waals surface area (Å²) in [6.07, 6.45) is -2.31. The summed E-state index contributed by atoms with van der Waals surface area (Å²) in [4.78, 5) is 17.8. The first-order valence-electron chi connectivity index (χ1n) is 10.8. The number of fused-ring (bicyclic) bond motifs is 1. The maximum atomic E-state index is 13.3. The molecule has 0 aliphatic heterocycles. The van der Waals surface area contributed by atoms with Crippen LogP contribution in [0.3, 0.4) is 0 Å². The lowest BCUT2D eigenvalue weighted by atomic mass is 10.1. The van der Waals surface area contributed by atoms with E-state index in [4.69, 9.17) is 4.74 Å². The van der Waals surface area contributed by atoms with E-state index in [0.29, 0.717) is 22.2 Å². The summed E-state index contributed by atoms with van der Waals surface area (Å²) in [7, 11) is 0. The van der Waals surface area contributed by atoms with Gasteiger partial charge in [-0.3, -0.25) is 4.79 Å². The summed E-state index contributed by atoms with van der Waals surface area (Å²) in [5, 5.41) is 4.65. The number of para-hydroxylation sites is 2. The Morgan fingerprint density at radius 3 is 2.56 bits per heavy atom. The molecule has 34 heavy (non-hydrogen) atoms. The van der Waals surface area contributed by atoms with Crippen LogP contribution in [-0.4, -0.2) is 22.0 Å². The van der Waals surface area contributed by atoms with E-state index in [9.17, 15) is 18.0 Å². The molecular weight excluding hydrogens is 443 g/mol. The minimum atomic E-state index is -4.53. The highest BCUT2D eigenvalue weighted by atomic mass is 19.4. The van der Waals surface area contributed by atoms with Gasteiger partial charge in [0.1, 0.15) is 5.75 Å². The lowest BCUT2D eigenvalue weighted by Crippen LogP contribution is -2.20. The van der Waals surface area contributed by atoms with Gasteiger partial charge < -0.3 is 4.74 Å². The first kappa shape index (κ1) is 23.2. The lowest BCUT2D eigenvalue weighted by Gasteiger charge is -2.15. The van der Waals surface area contributed by atoms with Crippen LogP contribution in [0.1, 0.15) is 31.4 Å². The summed E-state index contributed by atoms with van der Waals surface area (Å²) in [5.41, 5.74) is -0.214. The predicted octanol–water partition coefficient (Wildman–Crippen LogP) is 6.14. The molecule has 1 heterocycles. The molecule has 0 saturated carbocycles. The third-order valence-corrected chi connectivity index (χ3v) is 5.34. The first-order chi connectivity index (χ1) is 16.3. The first-order valence-corrected chi connectivity index (χ1v) is 10.8. The van der Waals surface area contributed by atoms with Crippen molar-refractivity contribution in [3.63, 3.8) is 0 Å². The predicted molar refractivity (Wildman–Crippen MR) is 126 cm³/mol. The normalized spacial score (nSPS) is 12.9. The Morgan fingerprint density at radius 2 is 1.79 bits per heavy atom. The average Bonchev–Trinajstić information content (AvgIpc) is 2.83. The van der Waals surface area contributed by atoms with Gasteiger partial charge in [0.2, 0.25) is 0 Å². The number of ether oxygens (including phenoxy) is 1. The lowest BCUT2D eigenvalue weighted by molar-refractivity contribution is -0.137. The molecule has 0 amide bonds. The van der Waals surface area contributed by atoms with Crippen molar-refractivity contribution in [1.82, 2.24) is 9.66 Å². The van der Waals surface area contributed by atoms with Crippen LogP contribution in [0.5, 0.6) is 5.75 Å². The van der Waals surface area contributed by atoms with Gasteiger partial charge in [0.15, 0.2) is 5.82 Å². The zero-order valence-electron chi connectivity index (χ0n) is 18.6. The Kier molecular flexibility index (Phi) is 6.49. The molecule has 0 unspecified atom stereocenters. The van der Waals surface area contributed by atoms with Crippen molar-refractivity contribution in [2.45, 2.75) is 32.5 Å². The number of aromatic nitrogens is 2. The van der Waals surface area contributed by atoms with E-state index in [0.717, 1.165) is 23.2 Å². The van der Waals surface area contributed by atoms with Crippen LogP contribution >= 0.6 is 0 Å². The van der Waals surface area contributed by atoms with Crippen LogP contribution in [0.15, 0.2) is 82.7 Å². The molecule has 0 aliphatic carbocycles. The van der Waals surface area contributed by atoms with Gasteiger partial charge in [-0.25, -0.2) is 4.98 Å². The number of hydrogen-bond donors (Lipinski definition) is 0. The number of alkyl halides is 3. The highest BCUT2D eigenvalue weighted by Gasteiger charge is 2.31. The SMILES string of the molecule is CC[C@H](C)Oc1ccccc1C=Nn1c(-c2cccc(C(F)(F)F)c2)nc2ccccc2c1=O. The number of hydrogen-bond acceptors (Lipinski definition) is 4. The molecule has 0 fully saturated rings. The van der Waals surface area contributed by atoms with E-state index in [1.54, 1.807) is 42.5 Å². The van der Waals surface area contributed by atoms with Crippen molar-refractivity contribution in [2.24, 2.45) is 5.10 Å². The van der Waals surface area contributed by atoms with Crippen molar-refractivity contribution in [2.75, 3.05) is 0 Å². The van der Waals surface area contributed by atoms with Gasteiger partial charge in [-0.1, -0.05) is 43.3 Å². The minimum absolute atomic E-state index is 0.00590. The molecule has 8 heteroatoms. The van der Waals surface area contributed by atoms with Crippen LogP contribution in [0.2, 0.25) is 0 Å². The smallest absolute Gasteiger partial charge is 0.416 e. The van der Waals surface area contributed by atoms with E-state index in [1.165, 1.54) is 18.3 Å². The van der Waals surface area contributed by atoms with Gasteiger partial charge >= 0.3 is 6.18 Å². The monoisotopic (exact) mass is 465 g/mol. The standard InChI is InChI=1S/C26H22F3N3O2/c1-3-17(2)34-23-14-7-4-9-19(23)16-30-32-24(18-10-8-11-20(15-18)26(27,28)29)31-22-13-6-5-12-21(22)25(32)33/h4-17H,3H2,1-2H3/t17-/m0/s1. The Hall–Kier alpha value is -3.94. The zero-order chi connectivity index (χ0) is 24.3. The molecule has 0 saturated heterocycles. The molecule has 0 bridgehead atoms. The maximum absolute atomic E-state index is 13.3. The number of rotatable bonds is 6. The van der Waals surface area contributed by atoms with E-state index in [2.05, 4.69) is 10.1 Å². The molecular formula is C26H22F3N3O2. The number of halogens is 3. The Bertz CT molecular complexity index is 1410. The molecule has 0 radical (unpaired) electrons. The number of nitrogens with zero attached hydrogens (tertiary/aromatic N) is 3. The minimum Gasteiger partial charge on any atom is -0.490 e. The van der Waals surface area contributed by atoms with E-state index in [1.807, 2.05) is 19.9 Å². The molecule has 3 aromatic carbocycles. The van der Waals surface area contributed by atoms with Crippen molar-refractivity contribution >= 4 is 17.1 Å². The largest absolute Gasteiger partial charge is 0.490 e. The molecule has 5 nitrogen and oxygen atoms in total. The van der Waals surface area contributed by atoms with Crippen LogP contribution in [0, 0.1) is 0 Å². The quantitative estimate of drug-likeness (QED) is 0.321. The van der Waals surface area contributed by atoms with Crippen molar-refractivity contribution in [3.05, 3.63) is 94.3 Å². The van der Waals surface area contributed by atoms with Gasteiger partial charge in [-0.15, -0.1) is 0 Å². The summed E-state index contributed by atoms with van der Waals surface area (Å²) in [6.45, 7) is 3.94. The summed E-state index contributed by atoms with van der Waals surface area (Å²) < 4.78 is 47.0. The van der Waals surface area contributed by atoms with Crippen molar-refractivity contribution in [3.8, 4) is 17.1 Å². The van der Waals surface area contributed by atoms with E-state index in [-0.39, 0.29) is 17.5 Å². The molecule has 0 spiro atoms. The highest BCUT2D eigenvalue weighted by Crippen LogP contribution is 2.32. The average molecular weight is 465 g/mol. The summed E-state index contributed by atoms with van der Waals surface area (Å²) in [5.74, 6) is 0.592. The van der Waals surface area contributed by atoms with E-state index < -0.39 is 17.3 Å². The fourth-order valence-electron chi connectivity index (χ4n) is 3.37. The Morgan fingerprint density at radius 1 is 1.06 bits per heavy atom. The van der Waals surface area contributed by atoms with Gasteiger partial charge in [0.05, 0.1) is 28.8 Å². The maximum Gasteiger partial charge on any atom is 0.416 e. The van der Waals surface area contributed by atoms with Crippen LogP contribution in [0.4, 0.5) is 13.2 Å². The second-order valence-electron chi connectivity index (χ2n) is 7.77. The Labute approximate surface area is 194 Å². The van der Waals surface area contributed by atoms with Crippen LogP contribution in [-0.2, 0) is 6.18 Å². The zero-order valence-corrected chi connectivity index (χ0v) is 18.6. The fraction of sp³-hybridized carbons (Fsp3) is 0.192. The molecule has 174 valence electrons. The van der Waals surface area contributed by atoms with Crippen LogP contribution < -0.4 is 10.3 Å². The van der Waals surface area contributed by atoms with Gasteiger partial charge in [0.25, 0.3) is 5.56 Å². The Balaban J connectivity index is 1.89. The molecule has 0 N–H and O–H groups in total. The molecule has 4 rings (SSSR count). The van der Waals surface area contributed by atoms with Crippen LogP contribution in [0.25, 0.3) is 22.3 Å². The topological polar surface area (TPSA) is 56.5 Å². The molecule has 4 aromatic rings. The third kappa shape index (κ3) is 4.85. The highest BCUT2D eigenvalue weighted by molar-refractivity contribution is 5.84. The van der Waals surface area contributed by atoms with Crippen molar-refractivity contribution in [1.29, 1.82) is 0 Å². The fourth-order valence-corrected chi connectivity index (χ4v) is 3.37. The second kappa shape index (κ2) is 9.51. The summed E-state index contributed by atoms with van der Waals surface area (Å²) >= 11 is 0. The van der Waals surface area contributed by atoms with Gasteiger partial charge in [-0.05, 0) is 49.7 Å². The number of benzene rings is 3. The van der Waals surface area contributed by atoms with Crippen molar-refractivity contribution < 1.29 is 17.9 Å². The van der Waals surface area contributed by atoms with E-state index >= 15 is 0 Å². The molecule has 1 atom stereocenters. The second-order valence-corrected chi connectivity index (χ2v) is 7.77.